The van der Waals surface area contributed by atoms with Gasteiger partial charge in [-0.3, -0.25) is 9.55 Å². The summed E-state index contributed by atoms with van der Waals surface area (Å²) in [5.74, 6) is 0.898. The molecule has 5 aromatic carbocycles. The Morgan fingerprint density at radius 1 is 0.617 bits per heavy atom. The first-order valence-corrected chi connectivity index (χ1v) is 15.8. The number of phenols is 1. The smallest absolute Gasteiger partial charge is 0.148 e. The van der Waals surface area contributed by atoms with Crippen LogP contribution in [-0.2, 0) is 31.9 Å². The zero-order valence-corrected chi connectivity index (χ0v) is 29.8. The maximum absolute atomic E-state index is 11.2. The number of hydrogen-bond donors (Lipinski definition) is 1. The normalized spacial score (nSPS) is 12.0. The van der Waals surface area contributed by atoms with E-state index >= 15 is 0 Å². The molecule has 5 heteroatoms. The Balaban J connectivity index is 0.00000386. The van der Waals surface area contributed by atoms with Crippen LogP contribution in [0.5, 0.6) is 5.75 Å². The Labute approximate surface area is 291 Å². The van der Waals surface area contributed by atoms with Crippen LogP contribution < -0.4 is 0 Å². The van der Waals surface area contributed by atoms with E-state index in [-0.39, 0.29) is 37.6 Å². The predicted octanol–water partition coefficient (Wildman–Crippen LogP) is 10.7. The molecule has 4 nitrogen and oxygen atoms in total. The monoisotopic (exact) mass is 795 g/mol. The van der Waals surface area contributed by atoms with Crippen molar-refractivity contribution in [2.24, 2.45) is 0 Å². The van der Waals surface area contributed by atoms with Crippen LogP contribution in [0, 0.1) is 6.07 Å². The number of phenolic OH excluding ortho intramolecular Hbond substituents is 1. The van der Waals surface area contributed by atoms with Gasteiger partial charge in [-0.15, -0.1) is 35.4 Å². The van der Waals surface area contributed by atoms with E-state index in [0.717, 1.165) is 55.4 Å². The topological polar surface area (TPSA) is 50.9 Å². The summed E-state index contributed by atoms with van der Waals surface area (Å²) in [6.45, 7) is 13.3. The summed E-state index contributed by atoms with van der Waals surface area (Å²) in [6.07, 6.45) is 1.86. The number of aromatic hydroxyl groups is 1. The van der Waals surface area contributed by atoms with E-state index in [2.05, 4.69) is 125 Å². The number of rotatable bonds is 4. The number of benzene rings is 5. The Hall–Kier alpha value is -4.53. The minimum atomic E-state index is -0.0874. The largest absolute Gasteiger partial charge is 0.507 e. The molecule has 0 saturated carbocycles. The summed E-state index contributed by atoms with van der Waals surface area (Å²) >= 11 is 0. The third-order valence-electron chi connectivity index (χ3n) is 8.75. The van der Waals surface area contributed by atoms with Gasteiger partial charge in [0.05, 0.1) is 16.6 Å². The van der Waals surface area contributed by atoms with Gasteiger partial charge in [-0.2, -0.15) is 0 Å². The average molecular weight is 796 g/mol. The van der Waals surface area contributed by atoms with Gasteiger partial charge in [0.2, 0.25) is 0 Å². The Morgan fingerprint density at radius 3 is 2.02 bits per heavy atom. The summed E-state index contributed by atoms with van der Waals surface area (Å²) in [7, 11) is 0. The fraction of sp³-hybridized carbons (Fsp3) is 0.190. The molecule has 0 aliphatic heterocycles. The molecule has 0 aliphatic rings. The summed E-state index contributed by atoms with van der Waals surface area (Å²) in [4.78, 5) is 10.1. The van der Waals surface area contributed by atoms with Crippen molar-refractivity contribution in [3.05, 3.63) is 133 Å². The van der Waals surface area contributed by atoms with Crippen LogP contribution in [0.25, 0.3) is 61.3 Å². The van der Waals surface area contributed by atoms with Gasteiger partial charge < -0.3 is 5.11 Å². The number of fused-ring (bicyclic) bond motifs is 2. The Morgan fingerprint density at radius 2 is 1.30 bits per heavy atom. The molecule has 2 heterocycles. The average Bonchev–Trinajstić information content (AvgIpc) is 3.43. The number of nitrogens with zero attached hydrogens (tertiary/aromatic N) is 3. The van der Waals surface area contributed by atoms with Crippen molar-refractivity contribution in [2.45, 2.75) is 52.4 Å². The van der Waals surface area contributed by atoms with E-state index < -0.39 is 0 Å². The zero-order chi connectivity index (χ0) is 32.2. The SMILES string of the molecule is CC(C)(C)c1ccc(O)c(-c2nc3c(-c4[c-]c(-c5cc(C(C)(C)C)cc6cccnc56)ccc4)cccc3n2-c2ccccc2)c1.[Pt]. The van der Waals surface area contributed by atoms with E-state index in [1.54, 1.807) is 6.07 Å². The number of imidazole rings is 1. The van der Waals surface area contributed by atoms with Gasteiger partial charge in [0, 0.05) is 38.5 Å². The second-order valence-electron chi connectivity index (χ2n) is 14.1. The molecule has 0 aliphatic carbocycles. The maximum Gasteiger partial charge on any atom is 0.148 e. The molecule has 7 aromatic rings. The molecule has 0 spiro atoms. The van der Waals surface area contributed by atoms with Crippen molar-refractivity contribution in [1.82, 2.24) is 14.5 Å². The molecular weight excluding hydrogens is 758 g/mol. The van der Waals surface area contributed by atoms with Crippen molar-refractivity contribution in [3.8, 4) is 45.1 Å². The molecule has 0 amide bonds. The molecule has 238 valence electrons. The summed E-state index contributed by atoms with van der Waals surface area (Å²) < 4.78 is 2.15. The van der Waals surface area contributed by atoms with Crippen LogP contribution in [0.2, 0.25) is 0 Å². The van der Waals surface area contributed by atoms with Crippen LogP contribution in [-0.4, -0.2) is 19.6 Å². The number of hydrogen-bond acceptors (Lipinski definition) is 3. The van der Waals surface area contributed by atoms with Crippen molar-refractivity contribution in [1.29, 1.82) is 0 Å². The quantitative estimate of drug-likeness (QED) is 0.181. The fourth-order valence-electron chi connectivity index (χ4n) is 6.13. The molecule has 0 fully saturated rings. The van der Waals surface area contributed by atoms with Crippen molar-refractivity contribution >= 4 is 21.9 Å². The number of para-hydroxylation sites is 2. The van der Waals surface area contributed by atoms with E-state index in [4.69, 9.17) is 9.97 Å². The number of pyridine rings is 1. The minimum absolute atomic E-state index is 0. The van der Waals surface area contributed by atoms with Crippen LogP contribution in [0.1, 0.15) is 52.7 Å². The molecule has 0 saturated heterocycles. The standard InChI is InChI=1S/C42H38N3O.Pt/c1-41(2,3)30-20-21-37(46)35(25-30)40-44-39-33(18-11-19-36(39)45(40)32-16-8-7-9-17-32)27-13-10-14-28(23-27)34-26-31(42(4,5)6)24-29-15-12-22-43-38(29)34;/h7-22,24-26,46H,1-6H3;/q-1;. The van der Waals surface area contributed by atoms with E-state index in [1.165, 1.54) is 5.56 Å². The summed E-state index contributed by atoms with van der Waals surface area (Å²) in [5, 5.41) is 12.3. The van der Waals surface area contributed by atoms with Gasteiger partial charge in [-0.05, 0) is 63.7 Å². The first-order chi connectivity index (χ1) is 22.0. The third-order valence-corrected chi connectivity index (χ3v) is 8.75. The van der Waals surface area contributed by atoms with E-state index in [1.807, 2.05) is 36.5 Å². The third kappa shape index (κ3) is 6.03. The van der Waals surface area contributed by atoms with Gasteiger partial charge >= 0.3 is 0 Å². The summed E-state index contributed by atoms with van der Waals surface area (Å²) in [6, 6.07) is 41.1. The Kier molecular flexibility index (Phi) is 8.44. The van der Waals surface area contributed by atoms with Gasteiger partial charge in [-0.1, -0.05) is 107 Å². The van der Waals surface area contributed by atoms with Crippen LogP contribution in [0.4, 0.5) is 0 Å². The maximum atomic E-state index is 11.2. The van der Waals surface area contributed by atoms with Crippen LogP contribution in [0.3, 0.4) is 0 Å². The van der Waals surface area contributed by atoms with Gasteiger partial charge in [0.25, 0.3) is 0 Å². The molecule has 0 bridgehead atoms. The molecule has 0 unspecified atom stereocenters. The van der Waals surface area contributed by atoms with Gasteiger partial charge in [0.1, 0.15) is 11.6 Å². The molecule has 0 atom stereocenters. The van der Waals surface area contributed by atoms with E-state index in [9.17, 15) is 5.11 Å². The van der Waals surface area contributed by atoms with Crippen LogP contribution in [0.15, 0.2) is 115 Å². The zero-order valence-electron chi connectivity index (χ0n) is 27.6. The first-order valence-electron chi connectivity index (χ1n) is 15.8. The first kappa shape index (κ1) is 32.4. The van der Waals surface area contributed by atoms with Crippen molar-refractivity contribution in [3.63, 3.8) is 0 Å². The molecule has 1 N–H and O–H groups in total. The molecule has 2 aromatic heterocycles. The van der Waals surface area contributed by atoms with Crippen LogP contribution >= 0.6 is 0 Å². The molecular formula is C42H38N3OPt-. The van der Waals surface area contributed by atoms with Crippen molar-refractivity contribution < 1.29 is 26.2 Å². The fourth-order valence-corrected chi connectivity index (χ4v) is 6.13. The Bertz CT molecular complexity index is 2240. The van der Waals surface area contributed by atoms with Gasteiger partial charge in [-0.25, -0.2) is 4.98 Å². The number of aromatic nitrogens is 3. The second kappa shape index (κ2) is 12.2. The van der Waals surface area contributed by atoms with Gasteiger partial charge in [0.15, 0.2) is 0 Å². The predicted molar refractivity (Wildman–Crippen MR) is 191 cm³/mol. The molecule has 47 heavy (non-hydrogen) atoms. The summed E-state index contributed by atoms with van der Waals surface area (Å²) in [5.41, 5.74) is 10.7. The van der Waals surface area contributed by atoms with E-state index in [0.29, 0.717) is 11.4 Å². The second-order valence-corrected chi connectivity index (χ2v) is 14.1. The molecule has 0 radical (unpaired) electrons. The van der Waals surface area contributed by atoms with Crippen molar-refractivity contribution in [2.75, 3.05) is 0 Å². The molecule has 7 rings (SSSR count). The minimum Gasteiger partial charge on any atom is -0.507 e.